The molecule has 0 bridgehead atoms. The number of anilines is 1. The van der Waals surface area contributed by atoms with Gasteiger partial charge in [-0.2, -0.15) is 0 Å². The summed E-state index contributed by atoms with van der Waals surface area (Å²) in [7, 11) is 0. The molecule has 190 valence electrons. The fourth-order valence-corrected chi connectivity index (χ4v) is 2.68. The second kappa shape index (κ2) is 20.2. The first kappa shape index (κ1) is 31.8. The first-order valence-electron chi connectivity index (χ1n) is 12.7. The lowest BCUT2D eigenvalue weighted by Crippen LogP contribution is -2.12. The zero-order valence-electron chi connectivity index (χ0n) is 22.9. The topological polar surface area (TPSA) is 59.8 Å². The fraction of sp³-hybridized carbons (Fsp3) is 0.258. The van der Waals surface area contributed by atoms with Crippen LogP contribution in [0.2, 0.25) is 0 Å². The fourth-order valence-electron chi connectivity index (χ4n) is 2.68. The SMILES string of the molecule is CC.CC.CC.CC.O=C(Nc1cccc(-n2ccnc2)c1)c1cccc(C#Cc2cccnc2)c1. The normalized spacial score (nSPS) is 8.44. The standard InChI is InChI=1S/C23H16N4O.4C2H6/c28-23(26-21-7-2-8-22(15-21)27-13-12-25-17-27)20-6-1-4-18(14-20)9-10-19-5-3-11-24-16-19;4*1-2/h1-8,11-17H,(H,26,28);4*1-2H3. The number of amides is 1. The van der Waals surface area contributed by atoms with E-state index in [1.807, 2.05) is 115 Å². The summed E-state index contributed by atoms with van der Waals surface area (Å²) in [5, 5.41) is 2.93. The number of carbonyl (C=O) groups excluding carboxylic acids is 1. The molecule has 0 radical (unpaired) electrons. The number of hydrogen-bond acceptors (Lipinski definition) is 3. The van der Waals surface area contributed by atoms with Gasteiger partial charge in [0.25, 0.3) is 5.91 Å². The van der Waals surface area contributed by atoms with Crippen molar-refractivity contribution in [1.29, 1.82) is 0 Å². The van der Waals surface area contributed by atoms with E-state index >= 15 is 0 Å². The van der Waals surface area contributed by atoms with Gasteiger partial charge in [-0.25, -0.2) is 4.98 Å². The Morgan fingerprint density at radius 2 is 1.42 bits per heavy atom. The third kappa shape index (κ3) is 10.8. The van der Waals surface area contributed by atoms with Crippen LogP contribution in [0.5, 0.6) is 0 Å². The average molecular weight is 485 g/mol. The molecule has 5 heteroatoms. The van der Waals surface area contributed by atoms with E-state index < -0.39 is 0 Å². The van der Waals surface area contributed by atoms with Crippen molar-refractivity contribution in [2.75, 3.05) is 5.32 Å². The monoisotopic (exact) mass is 484 g/mol. The molecule has 1 N–H and O–H groups in total. The first-order chi connectivity index (χ1) is 17.8. The summed E-state index contributed by atoms with van der Waals surface area (Å²) in [6, 6.07) is 18.6. The van der Waals surface area contributed by atoms with E-state index in [0.717, 1.165) is 16.8 Å². The number of pyridine rings is 1. The van der Waals surface area contributed by atoms with Crippen molar-refractivity contribution in [3.63, 3.8) is 0 Å². The Balaban J connectivity index is 0.00000140. The summed E-state index contributed by atoms with van der Waals surface area (Å²) in [6.07, 6.45) is 8.69. The summed E-state index contributed by atoms with van der Waals surface area (Å²) in [5.74, 6) is 5.93. The van der Waals surface area contributed by atoms with Crippen LogP contribution < -0.4 is 5.32 Å². The van der Waals surface area contributed by atoms with Gasteiger partial charge in [0.2, 0.25) is 0 Å². The maximum atomic E-state index is 12.6. The first-order valence-corrected chi connectivity index (χ1v) is 12.7. The molecule has 1 amide bonds. The van der Waals surface area contributed by atoms with Crippen LogP contribution in [0.25, 0.3) is 5.69 Å². The Labute approximate surface area is 217 Å². The van der Waals surface area contributed by atoms with Crippen LogP contribution in [0.15, 0.2) is 91.8 Å². The van der Waals surface area contributed by atoms with Crippen LogP contribution >= 0.6 is 0 Å². The average Bonchev–Trinajstić information content (AvgIpc) is 3.53. The molecule has 0 atom stereocenters. The summed E-state index contributed by atoms with van der Waals surface area (Å²) in [5.41, 5.74) is 3.78. The molecule has 0 fully saturated rings. The summed E-state index contributed by atoms with van der Waals surface area (Å²) in [4.78, 5) is 20.7. The van der Waals surface area contributed by atoms with Crippen molar-refractivity contribution < 1.29 is 4.79 Å². The third-order valence-electron chi connectivity index (χ3n) is 4.04. The molecule has 36 heavy (non-hydrogen) atoms. The van der Waals surface area contributed by atoms with Crippen LogP contribution in [-0.2, 0) is 0 Å². The Morgan fingerprint density at radius 1 is 0.750 bits per heavy atom. The second-order valence-corrected chi connectivity index (χ2v) is 6.05. The number of nitrogens with one attached hydrogen (secondary N) is 1. The van der Waals surface area contributed by atoms with Gasteiger partial charge >= 0.3 is 0 Å². The zero-order chi connectivity index (χ0) is 27.2. The van der Waals surface area contributed by atoms with Gasteiger partial charge in [0.05, 0.1) is 6.33 Å². The molecule has 0 aliphatic carbocycles. The van der Waals surface area contributed by atoms with E-state index in [9.17, 15) is 4.79 Å². The van der Waals surface area contributed by atoms with Crippen molar-refractivity contribution in [2.24, 2.45) is 0 Å². The highest BCUT2D eigenvalue weighted by Gasteiger charge is 2.07. The van der Waals surface area contributed by atoms with Crippen LogP contribution in [0.4, 0.5) is 5.69 Å². The van der Waals surface area contributed by atoms with Gasteiger partial charge in [-0.15, -0.1) is 0 Å². The smallest absolute Gasteiger partial charge is 0.255 e. The molecule has 5 nitrogen and oxygen atoms in total. The minimum atomic E-state index is -0.187. The van der Waals surface area contributed by atoms with E-state index in [4.69, 9.17) is 0 Å². The van der Waals surface area contributed by atoms with Gasteiger partial charge in [-0.1, -0.05) is 79.4 Å². The lowest BCUT2D eigenvalue weighted by Gasteiger charge is -2.08. The predicted molar refractivity (Wildman–Crippen MR) is 154 cm³/mol. The molecular formula is C31H40N4O. The number of nitrogens with zero attached hydrogens (tertiary/aromatic N) is 3. The molecule has 0 aliphatic heterocycles. The Bertz CT molecular complexity index is 1160. The minimum absolute atomic E-state index is 0.187. The quantitative estimate of drug-likeness (QED) is 0.299. The van der Waals surface area contributed by atoms with Gasteiger partial charge in [0.15, 0.2) is 0 Å². The minimum Gasteiger partial charge on any atom is -0.322 e. The van der Waals surface area contributed by atoms with Gasteiger partial charge < -0.3 is 9.88 Å². The number of imidazole rings is 1. The van der Waals surface area contributed by atoms with Gasteiger partial charge in [0.1, 0.15) is 0 Å². The molecule has 0 aliphatic rings. The maximum absolute atomic E-state index is 12.6. The maximum Gasteiger partial charge on any atom is 0.255 e. The molecule has 4 aromatic rings. The van der Waals surface area contributed by atoms with Gasteiger partial charge in [0, 0.05) is 52.9 Å². The second-order valence-electron chi connectivity index (χ2n) is 6.05. The van der Waals surface area contributed by atoms with E-state index in [0.29, 0.717) is 11.3 Å². The van der Waals surface area contributed by atoms with E-state index in [1.54, 1.807) is 37.1 Å². The van der Waals surface area contributed by atoms with Crippen LogP contribution in [0.3, 0.4) is 0 Å². The number of rotatable bonds is 3. The molecule has 2 aromatic carbocycles. The summed E-state index contributed by atoms with van der Waals surface area (Å²) in [6.45, 7) is 16.0. The van der Waals surface area contributed by atoms with Crippen LogP contribution in [0, 0.1) is 11.8 Å². The number of carbonyl (C=O) groups is 1. The van der Waals surface area contributed by atoms with Crippen LogP contribution in [-0.4, -0.2) is 20.4 Å². The van der Waals surface area contributed by atoms with E-state index in [1.165, 1.54) is 0 Å². The van der Waals surface area contributed by atoms with Crippen molar-refractivity contribution in [3.05, 3.63) is 108 Å². The Hall–Kier alpha value is -4.17. The lowest BCUT2D eigenvalue weighted by atomic mass is 10.1. The largest absolute Gasteiger partial charge is 0.322 e. The lowest BCUT2D eigenvalue weighted by molar-refractivity contribution is 0.102. The molecular weight excluding hydrogens is 444 g/mol. The summed E-state index contributed by atoms with van der Waals surface area (Å²) >= 11 is 0. The molecule has 2 heterocycles. The van der Waals surface area contributed by atoms with E-state index in [2.05, 4.69) is 27.1 Å². The van der Waals surface area contributed by atoms with Crippen molar-refractivity contribution >= 4 is 11.6 Å². The molecule has 0 spiro atoms. The highest BCUT2D eigenvalue weighted by Crippen LogP contribution is 2.16. The van der Waals surface area contributed by atoms with Gasteiger partial charge in [-0.05, 0) is 48.5 Å². The number of hydrogen-bond donors (Lipinski definition) is 1. The highest BCUT2D eigenvalue weighted by molar-refractivity contribution is 6.04. The zero-order valence-corrected chi connectivity index (χ0v) is 22.9. The number of aromatic nitrogens is 3. The van der Waals surface area contributed by atoms with Crippen molar-refractivity contribution in [3.8, 4) is 17.5 Å². The van der Waals surface area contributed by atoms with Crippen LogP contribution in [0.1, 0.15) is 76.9 Å². The Kier molecular flexibility index (Phi) is 17.9. The Morgan fingerprint density at radius 3 is 2.06 bits per heavy atom. The molecule has 0 saturated carbocycles. The summed E-state index contributed by atoms with van der Waals surface area (Å²) < 4.78 is 1.88. The van der Waals surface area contributed by atoms with E-state index in [-0.39, 0.29) is 5.91 Å². The van der Waals surface area contributed by atoms with Gasteiger partial charge in [-0.3, -0.25) is 9.78 Å². The number of benzene rings is 2. The predicted octanol–water partition coefficient (Wildman–Crippen LogP) is 8.02. The molecule has 0 saturated heterocycles. The molecule has 4 rings (SSSR count). The highest BCUT2D eigenvalue weighted by atomic mass is 16.1. The molecule has 0 unspecified atom stereocenters. The van der Waals surface area contributed by atoms with Crippen molar-refractivity contribution in [2.45, 2.75) is 55.4 Å². The third-order valence-corrected chi connectivity index (χ3v) is 4.04. The molecule has 2 aromatic heterocycles. The van der Waals surface area contributed by atoms with Crippen molar-refractivity contribution in [1.82, 2.24) is 14.5 Å².